The number of furan rings is 4. The molecule has 476 valence electrons. The van der Waals surface area contributed by atoms with Crippen molar-refractivity contribution >= 4 is 135 Å². The first-order chi connectivity index (χ1) is 45.9. The SMILES string of the molecule is Cc1ccc2cc(-c3sc4c(C)cc(C#N)c(C)c4c3C)oc2c1.Cc1ccc2cc(-c3sc4c(C)cc(C)c(C)c4c3C)oc2c1.Cc1ccc2cc(-c3sc4c(C)cc(C)c(C)c4c3C)oc2c1.[C-]#[N+]c1c(C#N)c(C)c2c(C)c(-c3cc4ccc(C)cc4o3)sc2c1C. The predicted molar refractivity (Wildman–Crippen MR) is 409 cm³/mol. The summed E-state index contributed by atoms with van der Waals surface area (Å²) in [7, 11) is 0. The Bertz CT molecular complexity index is 5880. The molecule has 0 bridgehead atoms. The van der Waals surface area contributed by atoms with Crippen molar-refractivity contribution < 1.29 is 17.7 Å². The summed E-state index contributed by atoms with van der Waals surface area (Å²) in [6, 6.07) is 44.9. The standard InChI is InChI=1S/C22H16N2OS.C21H17NOS.2C21H20OS/c1-11-6-7-15-9-18(25-17(15)8-11)21-13(3)19-12(2)16(10-23)20(24-5)14(4)22(19)26-21;1-11-5-6-15-9-18(23-17(15)7-11)21-14(4)19-13(3)16(10-22)8-12(2)20(19)24-21;2*1-11-6-7-16-10-18(22-17(16)8-11)21-15(5)19-14(4)12(2)9-13(3)20(19)23-21/h6-9H,1-4H3;5-9H,1-4H3;2*6-10H,1-5H3. The van der Waals surface area contributed by atoms with Crippen molar-refractivity contribution in [2.24, 2.45) is 0 Å². The van der Waals surface area contributed by atoms with E-state index in [9.17, 15) is 10.5 Å². The van der Waals surface area contributed by atoms with Gasteiger partial charge < -0.3 is 17.7 Å². The van der Waals surface area contributed by atoms with Gasteiger partial charge in [0.25, 0.3) is 0 Å². The van der Waals surface area contributed by atoms with E-state index >= 15 is 0 Å². The van der Waals surface area contributed by atoms with Gasteiger partial charge in [0.1, 0.15) is 45.4 Å². The summed E-state index contributed by atoms with van der Waals surface area (Å²) < 4.78 is 29.7. The molecule has 7 nitrogen and oxygen atoms in total. The molecule has 0 fully saturated rings. The molecule has 0 saturated carbocycles. The highest BCUT2D eigenvalue weighted by molar-refractivity contribution is 7.24. The van der Waals surface area contributed by atoms with Gasteiger partial charge in [0.15, 0.2) is 0 Å². The number of hydrogen-bond donors (Lipinski definition) is 0. The highest BCUT2D eigenvalue weighted by Gasteiger charge is 2.25. The second kappa shape index (κ2) is 25.1. The van der Waals surface area contributed by atoms with Gasteiger partial charge >= 0.3 is 0 Å². The van der Waals surface area contributed by atoms with Crippen LogP contribution in [-0.4, -0.2) is 0 Å². The second-order valence-electron chi connectivity index (χ2n) is 26.1. The van der Waals surface area contributed by atoms with Crippen molar-refractivity contribution in [1.82, 2.24) is 0 Å². The van der Waals surface area contributed by atoms with Gasteiger partial charge in [-0.1, -0.05) is 60.7 Å². The third kappa shape index (κ3) is 11.2. The first kappa shape index (κ1) is 64.9. The zero-order valence-corrected chi connectivity index (χ0v) is 60.8. The zero-order valence-electron chi connectivity index (χ0n) is 57.6. The van der Waals surface area contributed by atoms with Crippen molar-refractivity contribution in [1.29, 1.82) is 10.5 Å². The second-order valence-corrected chi connectivity index (χ2v) is 30.2. The molecule has 0 saturated heterocycles. The Morgan fingerprint density at radius 2 is 0.615 bits per heavy atom. The monoisotopic (exact) mass is 1330 g/mol. The van der Waals surface area contributed by atoms with Crippen LogP contribution in [0.1, 0.15) is 111 Å². The molecule has 16 aromatic rings. The quantitative estimate of drug-likeness (QED) is 0.163. The Labute approximate surface area is 576 Å². The van der Waals surface area contributed by atoms with Crippen LogP contribution in [0.5, 0.6) is 0 Å². The normalized spacial score (nSPS) is 11.4. The molecule has 11 heteroatoms. The van der Waals surface area contributed by atoms with Crippen molar-refractivity contribution in [3.05, 3.63) is 238 Å². The number of benzene rings is 8. The number of hydrogen-bond acceptors (Lipinski definition) is 10. The molecule has 0 amide bonds. The topological polar surface area (TPSA) is 105 Å². The van der Waals surface area contributed by atoms with Crippen LogP contribution >= 0.6 is 45.3 Å². The minimum absolute atomic E-state index is 0.463. The van der Waals surface area contributed by atoms with E-state index in [0.717, 1.165) is 109 Å². The minimum Gasteiger partial charge on any atom is -0.455 e. The lowest BCUT2D eigenvalue weighted by Crippen LogP contribution is -1.89. The molecule has 0 aliphatic rings. The molecule has 16 rings (SSSR count). The summed E-state index contributed by atoms with van der Waals surface area (Å²) in [6.45, 7) is 45.7. The number of rotatable bonds is 4. The predicted octanol–water partition coefficient (Wildman–Crippen LogP) is 27.1. The fourth-order valence-electron chi connectivity index (χ4n) is 13.8. The molecular weight excluding hydrogens is 1260 g/mol. The van der Waals surface area contributed by atoms with Crippen molar-refractivity contribution in [3.63, 3.8) is 0 Å². The summed E-state index contributed by atoms with van der Waals surface area (Å²) in [6.07, 6.45) is 0. The van der Waals surface area contributed by atoms with Crippen molar-refractivity contribution in [2.75, 3.05) is 0 Å². The van der Waals surface area contributed by atoms with Crippen molar-refractivity contribution in [2.45, 2.75) is 125 Å². The number of nitriles is 2. The number of aryl methyl sites for hydroxylation is 18. The fraction of sp³-hybridized carbons (Fsp3) is 0.212. The number of fused-ring (bicyclic) bond motifs is 8. The molecule has 8 aromatic heterocycles. The Kier molecular flexibility index (Phi) is 17.0. The molecule has 8 heterocycles. The molecule has 0 spiro atoms. The molecule has 0 unspecified atom stereocenters. The number of thiophene rings is 4. The van der Waals surface area contributed by atoms with Gasteiger partial charge in [-0.05, 0) is 296 Å². The maximum Gasteiger partial charge on any atom is 0.209 e. The average Bonchev–Trinajstić information content (AvgIpc) is 1.61. The maximum atomic E-state index is 9.54. The van der Waals surface area contributed by atoms with Crippen molar-refractivity contribution in [3.8, 4) is 54.7 Å². The summed E-state index contributed by atoms with van der Waals surface area (Å²) in [5.74, 6) is 3.72. The molecule has 0 radical (unpaired) electrons. The third-order valence-corrected chi connectivity index (χ3v) is 25.0. The van der Waals surface area contributed by atoms with E-state index in [1.165, 1.54) is 123 Å². The van der Waals surface area contributed by atoms with Crippen LogP contribution in [0.2, 0.25) is 0 Å². The third-order valence-electron chi connectivity index (χ3n) is 19.2. The molecule has 0 aliphatic heterocycles. The van der Waals surface area contributed by atoms with Gasteiger partial charge in [0.05, 0.1) is 49.3 Å². The Hall–Kier alpha value is -9.77. The Morgan fingerprint density at radius 1 is 0.312 bits per heavy atom. The summed E-state index contributed by atoms with van der Waals surface area (Å²) in [5.41, 5.74) is 27.4. The zero-order chi connectivity index (χ0) is 68.2. The highest BCUT2D eigenvalue weighted by atomic mass is 32.1. The summed E-state index contributed by atoms with van der Waals surface area (Å²) >= 11 is 7.10. The molecule has 0 atom stereocenters. The fourth-order valence-corrected chi connectivity index (χ4v) is 19.0. The van der Waals surface area contributed by atoms with Crippen LogP contribution in [0.15, 0.2) is 133 Å². The maximum absolute atomic E-state index is 9.54. The van der Waals surface area contributed by atoms with Gasteiger partial charge in [-0.15, -0.1) is 45.3 Å². The van der Waals surface area contributed by atoms with E-state index in [1.54, 1.807) is 22.7 Å². The van der Waals surface area contributed by atoms with Gasteiger partial charge in [-0.25, -0.2) is 4.85 Å². The van der Waals surface area contributed by atoms with Gasteiger partial charge in [0, 0.05) is 45.7 Å². The highest BCUT2D eigenvalue weighted by Crippen LogP contribution is 2.49. The van der Waals surface area contributed by atoms with E-state index in [1.807, 2.05) is 62.5 Å². The van der Waals surface area contributed by atoms with Crippen LogP contribution in [-0.2, 0) is 0 Å². The molecule has 96 heavy (non-hydrogen) atoms. The van der Waals surface area contributed by atoms with E-state index < -0.39 is 0 Å². The van der Waals surface area contributed by atoms with E-state index in [-0.39, 0.29) is 0 Å². The van der Waals surface area contributed by atoms with E-state index in [4.69, 9.17) is 24.2 Å². The first-order valence-corrected chi connectivity index (χ1v) is 35.4. The van der Waals surface area contributed by atoms with Crippen LogP contribution in [0, 0.1) is 154 Å². The van der Waals surface area contributed by atoms with E-state index in [0.29, 0.717) is 11.3 Å². The largest absolute Gasteiger partial charge is 0.455 e. The Balaban J connectivity index is 0.000000116. The lowest BCUT2D eigenvalue weighted by molar-refractivity contribution is 0.632. The number of nitrogens with zero attached hydrogens (tertiary/aromatic N) is 3. The first-order valence-electron chi connectivity index (χ1n) is 32.2. The minimum atomic E-state index is 0.463. The molecular formula is C85H73N3O4S4. The Morgan fingerprint density at radius 3 is 0.927 bits per heavy atom. The van der Waals surface area contributed by atoms with Crippen LogP contribution in [0.25, 0.3) is 132 Å². The lowest BCUT2D eigenvalue weighted by Gasteiger charge is -2.07. The molecule has 8 aromatic carbocycles. The summed E-state index contributed by atoms with van der Waals surface area (Å²) in [5, 5.41) is 28.5. The van der Waals surface area contributed by atoms with Crippen LogP contribution in [0.4, 0.5) is 5.69 Å². The van der Waals surface area contributed by atoms with E-state index in [2.05, 4.69) is 217 Å². The van der Waals surface area contributed by atoms with Crippen LogP contribution < -0.4 is 0 Å². The summed E-state index contributed by atoms with van der Waals surface area (Å²) in [4.78, 5) is 8.34. The van der Waals surface area contributed by atoms with Gasteiger partial charge in [-0.2, -0.15) is 10.5 Å². The molecule has 0 aliphatic carbocycles. The van der Waals surface area contributed by atoms with Gasteiger partial charge in [0.2, 0.25) is 5.69 Å². The van der Waals surface area contributed by atoms with Crippen LogP contribution in [0.3, 0.4) is 0 Å². The van der Waals surface area contributed by atoms with Gasteiger partial charge in [-0.3, -0.25) is 0 Å². The smallest absolute Gasteiger partial charge is 0.209 e. The molecule has 0 N–H and O–H groups in total. The lowest BCUT2D eigenvalue weighted by atomic mass is 9.96. The average molecular weight is 1330 g/mol.